The Labute approximate surface area is 169 Å². The van der Waals surface area contributed by atoms with Crippen LogP contribution in [-0.4, -0.2) is 42.5 Å². The standard InChI is InChI=1S/C23H25NO5/c1-22(2)19(25)12-23(22,20(26)28-3)24-21(27)29-13-18-16-10-6-4-8-14(16)15-9-5-7-11-17(15)18/h4-11,18-19,25H,12-13H2,1-3H3,(H,24,27). The minimum atomic E-state index is -1.30. The van der Waals surface area contributed by atoms with Gasteiger partial charge in [0.1, 0.15) is 6.61 Å². The van der Waals surface area contributed by atoms with Gasteiger partial charge in [0, 0.05) is 17.8 Å². The highest BCUT2D eigenvalue weighted by atomic mass is 16.6. The van der Waals surface area contributed by atoms with Gasteiger partial charge in [0.05, 0.1) is 13.2 Å². The van der Waals surface area contributed by atoms with Gasteiger partial charge in [-0.2, -0.15) is 0 Å². The summed E-state index contributed by atoms with van der Waals surface area (Å²) < 4.78 is 10.4. The van der Waals surface area contributed by atoms with Crippen LogP contribution in [0.2, 0.25) is 0 Å². The first-order chi connectivity index (χ1) is 13.8. The van der Waals surface area contributed by atoms with Crippen molar-refractivity contribution in [3.63, 3.8) is 0 Å². The third-order valence-corrected chi connectivity index (χ3v) is 6.63. The summed E-state index contributed by atoms with van der Waals surface area (Å²) in [5.41, 5.74) is 2.36. The lowest BCUT2D eigenvalue weighted by Gasteiger charge is -2.56. The zero-order valence-corrected chi connectivity index (χ0v) is 16.8. The van der Waals surface area contributed by atoms with Crippen LogP contribution < -0.4 is 5.32 Å². The van der Waals surface area contributed by atoms with Crippen LogP contribution in [0.4, 0.5) is 4.79 Å². The van der Waals surface area contributed by atoms with Crippen molar-refractivity contribution in [1.82, 2.24) is 5.32 Å². The van der Waals surface area contributed by atoms with Crippen molar-refractivity contribution in [2.75, 3.05) is 13.7 Å². The van der Waals surface area contributed by atoms with Crippen molar-refractivity contribution in [2.24, 2.45) is 5.41 Å². The maximum atomic E-state index is 12.6. The first-order valence-corrected chi connectivity index (χ1v) is 9.71. The van der Waals surface area contributed by atoms with E-state index in [2.05, 4.69) is 17.4 Å². The number of rotatable bonds is 4. The highest BCUT2D eigenvalue weighted by Gasteiger charge is 2.66. The fourth-order valence-electron chi connectivity index (χ4n) is 4.55. The van der Waals surface area contributed by atoms with E-state index >= 15 is 0 Å². The number of benzene rings is 2. The molecule has 1 saturated carbocycles. The fourth-order valence-corrected chi connectivity index (χ4v) is 4.55. The maximum Gasteiger partial charge on any atom is 0.408 e. The summed E-state index contributed by atoms with van der Waals surface area (Å²) >= 11 is 0. The molecule has 0 bridgehead atoms. The molecule has 0 aliphatic heterocycles. The predicted molar refractivity (Wildman–Crippen MR) is 107 cm³/mol. The van der Waals surface area contributed by atoms with Gasteiger partial charge in [0.25, 0.3) is 0 Å². The number of amides is 1. The number of hydrogen-bond donors (Lipinski definition) is 2. The molecule has 4 rings (SSSR count). The van der Waals surface area contributed by atoms with Gasteiger partial charge in [-0.25, -0.2) is 9.59 Å². The van der Waals surface area contributed by atoms with E-state index in [-0.39, 0.29) is 18.9 Å². The molecule has 1 fully saturated rings. The van der Waals surface area contributed by atoms with E-state index < -0.39 is 29.1 Å². The molecule has 1 amide bonds. The second kappa shape index (κ2) is 6.88. The zero-order valence-electron chi connectivity index (χ0n) is 16.8. The predicted octanol–water partition coefficient (Wildman–Crippen LogP) is 3.23. The van der Waals surface area contributed by atoms with E-state index in [1.54, 1.807) is 13.8 Å². The van der Waals surface area contributed by atoms with Gasteiger partial charge in [0.15, 0.2) is 5.54 Å². The van der Waals surface area contributed by atoms with E-state index in [1.807, 2.05) is 36.4 Å². The molecule has 0 heterocycles. The number of carbonyl (C=O) groups excluding carboxylic acids is 2. The smallest absolute Gasteiger partial charge is 0.408 e. The van der Waals surface area contributed by atoms with Gasteiger partial charge >= 0.3 is 12.1 Å². The van der Waals surface area contributed by atoms with Crippen LogP contribution in [0, 0.1) is 5.41 Å². The highest BCUT2D eigenvalue weighted by molar-refractivity contribution is 5.88. The Hall–Kier alpha value is -2.86. The summed E-state index contributed by atoms with van der Waals surface area (Å²) in [5, 5.41) is 12.8. The SMILES string of the molecule is COC(=O)C1(NC(=O)OCC2c3ccccc3-c3ccccc32)CC(O)C1(C)C. The molecule has 0 aromatic heterocycles. The first-order valence-electron chi connectivity index (χ1n) is 9.71. The molecule has 6 heteroatoms. The number of nitrogens with one attached hydrogen (secondary N) is 1. The van der Waals surface area contributed by atoms with Crippen LogP contribution in [-0.2, 0) is 14.3 Å². The summed E-state index contributed by atoms with van der Waals surface area (Å²) in [4.78, 5) is 25.0. The lowest BCUT2D eigenvalue weighted by molar-refractivity contribution is -0.184. The third-order valence-electron chi connectivity index (χ3n) is 6.63. The van der Waals surface area contributed by atoms with E-state index in [4.69, 9.17) is 9.47 Å². The molecular weight excluding hydrogens is 370 g/mol. The number of hydrogen-bond acceptors (Lipinski definition) is 5. The first kappa shape index (κ1) is 19.5. The fraction of sp³-hybridized carbons (Fsp3) is 0.391. The summed E-state index contributed by atoms with van der Waals surface area (Å²) in [7, 11) is 1.27. The quantitative estimate of drug-likeness (QED) is 0.777. The van der Waals surface area contributed by atoms with Crippen LogP contribution in [0.25, 0.3) is 11.1 Å². The number of ether oxygens (including phenoxy) is 2. The summed E-state index contributed by atoms with van der Waals surface area (Å²) in [6, 6.07) is 16.2. The van der Waals surface area contributed by atoms with Crippen LogP contribution in [0.3, 0.4) is 0 Å². The second-order valence-electron chi connectivity index (χ2n) is 8.29. The molecule has 2 aliphatic carbocycles. The molecule has 0 radical (unpaired) electrons. The number of carbonyl (C=O) groups is 2. The average Bonchev–Trinajstić information content (AvgIpc) is 3.05. The van der Waals surface area contributed by atoms with Crippen molar-refractivity contribution >= 4 is 12.1 Å². The van der Waals surface area contributed by atoms with Crippen LogP contribution >= 0.6 is 0 Å². The largest absolute Gasteiger partial charge is 0.467 e. The number of fused-ring (bicyclic) bond motifs is 3. The molecule has 0 spiro atoms. The number of aliphatic hydroxyl groups is 1. The van der Waals surface area contributed by atoms with Gasteiger partial charge in [-0.3, -0.25) is 0 Å². The van der Waals surface area contributed by atoms with Gasteiger partial charge in [0.2, 0.25) is 0 Å². The lowest BCUT2D eigenvalue weighted by atomic mass is 9.54. The van der Waals surface area contributed by atoms with E-state index in [9.17, 15) is 14.7 Å². The highest BCUT2D eigenvalue weighted by Crippen LogP contribution is 2.50. The van der Waals surface area contributed by atoms with Gasteiger partial charge in [-0.15, -0.1) is 0 Å². The van der Waals surface area contributed by atoms with Crippen molar-refractivity contribution in [2.45, 2.75) is 37.8 Å². The van der Waals surface area contributed by atoms with Crippen LogP contribution in [0.1, 0.15) is 37.3 Å². The molecule has 6 nitrogen and oxygen atoms in total. The molecule has 2 aliphatic rings. The summed E-state index contributed by atoms with van der Waals surface area (Å²) in [5.74, 6) is -0.650. The van der Waals surface area contributed by atoms with Crippen molar-refractivity contribution < 1.29 is 24.2 Å². The molecule has 2 aromatic carbocycles. The van der Waals surface area contributed by atoms with Crippen molar-refractivity contribution in [1.29, 1.82) is 0 Å². The Morgan fingerprint density at radius 1 is 1.07 bits per heavy atom. The molecular formula is C23H25NO5. The van der Waals surface area contributed by atoms with Crippen LogP contribution in [0.5, 0.6) is 0 Å². The third kappa shape index (κ3) is 2.82. The number of esters is 1. The Morgan fingerprint density at radius 2 is 1.62 bits per heavy atom. The van der Waals surface area contributed by atoms with Crippen molar-refractivity contribution in [3.8, 4) is 11.1 Å². The van der Waals surface area contributed by atoms with Crippen molar-refractivity contribution in [3.05, 3.63) is 59.7 Å². The Morgan fingerprint density at radius 3 is 2.10 bits per heavy atom. The molecule has 152 valence electrons. The minimum Gasteiger partial charge on any atom is -0.467 e. The average molecular weight is 395 g/mol. The van der Waals surface area contributed by atoms with E-state index in [0.29, 0.717) is 0 Å². The molecule has 2 N–H and O–H groups in total. The summed E-state index contributed by atoms with van der Waals surface area (Å²) in [6.07, 6.45) is -1.32. The van der Waals surface area contributed by atoms with Crippen LogP contribution in [0.15, 0.2) is 48.5 Å². The number of aliphatic hydroxyl groups excluding tert-OH is 1. The van der Waals surface area contributed by atoms with E-state index in [1.165, 1.54) is 7.11 Å². The Balaban J connectivity index is 1.51. The normalized spacial score (nSPS) is 24.1. The molecule has 2 aromatic rings. The molecule has 0 saturated heterocycles. The molecule has 29 heavy (non-hydrogen) atoms. The topological polar surface area (TPSA) is 84.9 Å². The monoisotopic (exact) mass is 395 g/mol. The van der Waals surface area contributed by atoms with Gasteiger partial charge in [-0.05, 0) is 22.3 Å². The number of methoxy groups -OCH3 is 1. The Kier molecular flexibility index (Phi) is 4.62. The molecule has 2 unspecified atom stereocenters. The molecule has 2 atom stereocenters. The summed E-state index contributed by atoms with van der Waals surface area (Å²) in [6.45, 7) is 3.60. The van der Waals surface area contributed by atoms with Gasteiger partial charge in [-0.1, -0.05) is 62.4 Å². The minimum absolute atomic E-state index is 0.0674. The maximum absolute atomic E-state index is 12.6. The van der Waals surface area contributed by atoms with E-state index in [0.717, 1.165) is 22.3 Å². The zero-order chi connectivity index (χ0) is 20.8. The second-order valence-corrected chi connectivity index (χ2v) is 8.29. The van der Waals surface area contributed by atoms with Gasteiger partial charge < -0.3 is 19.9 Å². The number of alkyl carbamates (subject to hydrolysis) is 1. The lowest BCUT2D eigenvalue weighted by Crippen LogP contribution is -2.75. The Bertz CT molecular complexity index is 924.